The highest BCUT2D eigenvalue weighted by Crippen LogP contribution is 2.02. The van der Waals surface area contributed by atoms with E-state index >= 15 is 0 Å². The Hall–Kier alpha value is -1.24. The summed E-state index contributed by atoms with van der Waals surface area (Å²) in [5.41, 5.74) is 0. The van der Waals surface area contributed by atoms with E-state index in [4.69, 9.17) is 5.26 Å². The molecule has 1 heterocycles. The molecule has 0 radical (unpaired) electrons. The first-order valence-electron chi connectivity index (χ1n) is 2.64. The predicted octanol–water partition coefficient (Wildman–Crippen LogP) is 0.00848. The van der Waals surface area contributed by atoms with Gasteiger partial charge in [0.2, 0.25) is 0 Å². The fourth-order valence-corrected chi connectivity index (χ4v) is 0.648. The van der Waals surface area contributed by atoms with Crippen LogP contribution in [-0.2, 0) is 4.74 Å². The van der Waals surface area contributed by atoms with Crippen molar-refractivity contribution in [3.63, 3.8) is 0 Å². The first kappa shape index (κ1) is 5.89. The minimum Gasteiger partial charge on any atom is -0.443 e. The Balaban J connectivity index is 2.32. The number of alkyl carbamates (subject to hydrolysis) is 1. The van der Waals surface area contributed by atoms with Crippen LogP contribution in [0.5, 0.6) is 0 Å². The number of hydrogen-bond donors (Lipinski definition) is 1. The molecule has 1 saturated heterocycles. The number of carbonyl (C=O) groups excluding carboxylic acids is 1. The third-order valence-electron chi connectivity index (χ3n) is 1.07. The average Bonchev–Trinajstić information content (AvgIpc) is 2.17. The molecule has 0 aromatic rings. The number of nitrogens with one attached hydrogen (secondary N) is 1. The van der Waals surface area contributed by atoms with Crippen LogP contribution in [0.4, 0.5) is 4.79 Å². The molecule has 1 rings (SSSR count). The van der Waals surface area contributed by atoms with Gasteiger partial charge in [0.05, 0.1) is 19.0 Å². The molecular weight excluding hydrogens is 120 g/mol. The first-order valence-corrected chi connectivity index (χ1v) is 2.64. The van der Waals surface area contributed by atoms with Crippen molar-refractivity contribution in [3.05, 3.63) is 0 Å². The third kappa shape index (κ3) is 1.32. The van der Waals surface area contributed by atoms with Gasteiger partial charge in [0.15, 0.2) is 0 Å². The Morgan fingerprint density at radius 3 is 3.22 bits per heavy atom. The van der Waals surface area contributed by atoms with Gasteiger partial charge in [-0.1, -0.05) is 0 Å². The largest absolute Gasteiger partial charge is 0.443 e. The molecule has 0 aliphatic carbocycles. The quantitative estimate of drug-likeness (QED) is 0.538. The second kappa shape index (κ2) is 2.35. The van der Waals surface area contributed by atoms with Crippen LogP contribution in [-0.4, -0.2) is 18.7 Å². The van der Waals surface area contributed by atoms with Gasteiger partial charge in [-0.25, -0.2) is 4.79 Å². The lowest BCUT2D eigenvalue weighted by Gasteiger charge is -1.97. The van der Waals surface area contributed by atoms with Crippen LogP contribution in [0.3, 0.4) is 0 Å². The predicted molar refractivity (Wildman–Crippen MR) is 28.5 cm³/mol. The maximum absolute atomic E-state index is 10.3. The second-order valence-corrected chi connectivity index (χ2v) is 1.77. The molecule has 0 aromatic carbocycles. The maximum Gasteiger partial charge on any atom is 0.407 e. The van der Waals surface area contributed by atoms with E-state index in [0.717, 1.165) is 0 Å². The summed E-state index contributed by atoms with van der Waals surface area (Å²) in [4.78, 5) is 10.3. The van der Waals surface area contributed by atoms with Gasteiger partial charge in [0.25, 0.3) is 0 Å². The number of hydrogen-bond acceptors (Lipinski definition) is 3. The van der Waals surface area contributed by atoms with Crippen molar-refractivity contribution in [1.82, 2.24) is 5.32 Å². The van der Waals surface area contributed by atoms with Crippen LogP contribution in [0.2, 0.25) is 0 Å². The Bertz CT molecular complexity index is 161. The molecule has 4 nitrogen and oxygen atoms in total. The van der Waals surface area contributed by atoms with E-state index in [1.807, 2.05) is 6.07 Å². The molecule has 9 heavy (non-hydrogen) atoms. The number of nitriles is 1. The lowest BCUT2D eigenvalue weighted by molar-refractivity contribution is 0.142. The molecule has 1 fully saturated rings. The van der Waals surface area contributed by atoms with Crippen LogP contribution in [0, 0.1) is 11.3 Å². The Morgan fingerprint density at radius 1 is 2.00 bits per heavy atom. The molecule has 0 saturated carbocycles. The normalized spacial score (nSPS) is 24.3. The minimum absolute atomic E-state index is 0.234. The standard InChI is InChI=1S/C5H6N2O2/c6-2-1-4-3-7-5(8)9-4/h4H,1,3H2,(H,7,8)/t4-/m1/s1. The van der Waals surface area contributed by atoms with E-state index in [-0.39, 0.29) is 12.5 Å². The fourth-order valence-electron chi connectivity index (χ4n) is 0.648. The summed E-state index contributed by atoms with van der Waals surface area (Å²) in [5, 5.41) is 10.6. The van der Waals surface area contributed by atoms with Gasteiger partial charge >= 0.3 is 6.09 Å². The van der Waals surface area contributed by atoms with Gasteiger partial charge in [0.1, 0.15) is 6.10 Å². The molecule has 0 unspecified atom stereocenters. The zero-order valence-corrected chi connectivity index (χ0v) is 4.76. The topological polar surface area (TPSA) is 62.1 Å². The zero-order valence-electron chi connectivity index (χ0n) is 4.76. The van der Waals surface area contributed by atoms with Gasteiger partial charge in [-0.3, -0.25) is 0 Å². The molecule has 48 valence electrons. The molecule has 0 aromatic heterocycles. The molecule has 1 atom stereocenters. The number of rotatable bonds is 1. The van der Waals surface area contributed by atoms with Crippen molar-refractivity contribution in [2.75, 3.05) is 6.54 Å². The maximum atomic E-state index is 10.3. The SMILES string of the molecule is N#CC[C@@H]1CNC(=O)O1. The third-order valence-corrected chi connectivity index (χ3v) is 1.07. The smallest absolute Gasteiger partial charge is 0.407 e. The van der Waals surface area contributed by atoms with Crippen molar-refractivity contribution < 1.29 is 9.53 Å². The van der Waals surface area contributed by atoms with Gasteiger partial charge in [-0.2, -0.15) is 5.26 Å². The van der Waals surface area contributed by atoms with Crippen molar-refractivity contribution in [3.8, 4) is 6.07 Å². The van der Waals surface area contributed by atoms with Crippen LogP contribution < -0.4 is 5.32 Å². The molecule has 4 heteroatoms. The zero-order chi connectivity index (χ0) is 6.69. The summed E-state index contributed by atoms with van der Waals surface area (Å²) in [6, 6.07) is 1.91. The highest BCUT2D eigenvalue weighted by Gasteiger charge is 2.21. The van der Waals surface area contributed by atoms with E-state index in [1.165, 1.54) is 0 Å². The van der Waals surface area contributed by atoms with E-state index in [0.29, 0.717) is 6.54 Å². The van der Waals surface area contributed by atoms with Crippen molar-refractivity contribution in [2.24, 2.45) is 0 Å². The number of ether oxygens (including phenoxy) is 1. The van der Waals surface area contributed by atoms with Crippen LogP contribution in [0.25, 0.3) is 0 Å². The van der Waals surface area contributed by atoms with Gasteiger partial charge in [0, 0.05) is 0 Å². The molecule has 1 amide bonds. The van der Waals surface area contributed by atoms with E-state index in [1.54, 1.807) is 0 Å². The average molecular weight is 126 g/mol. The monoisotopic (exact) mass is 126 g/mol. The number of amides is 1. The van der Waals surface area contributed by atoms with Crippen molar-refractivity contribution in [2.45, 2.75) is 12.5 Å². The molecule has 1 aliphatic heterocycles. The molecule has 0 spiro atoms. The molecule has 0 bridgehead atoms. The van der Waals surface area contributed by atoms with Gasteiger partial charge in [-0.15, -0.1) is 0 Å². The van der Waals surface area contributed by atoms with Crippen LogP contribution in [0.15, 0.2) is 0 Å². The number of carbonyl (C=O) groups is 1. The summed E-state index contributed by atoms with van der Waals surface area (Å²) >= 11 is 0. The second-order valence-electron chi connectivity index (χ2n) is 1.77. The summed E-state index contributed by atoms with van der Waals surface area (Å²) in [6.07, 6.45) is -0.378. The highest BCUT2D eigenvalue weighted by atomic mass is 16.6. The highest BCUT2D eigenvalue weighted by molar-refractivity contribution is 5.69. The fraction of sp³-hybridized carbons (Fsp3) is 0.600. The lowest BCUT2D eigenvalue weighted by atomic mass is 10.3. The van der Waals surface area contributed by atoms with Gasteiger partial charge < -0.3 is 10.1 Å². The summed E-state index contributed by atoms with van der Waals surface area (Å²) < 4.78 is 4.63. The van der Waals surface area contributed by atoms with Crippen LogP contribution >= 0.6 is 0 Å². The lowest BCUT2D eigenvalue weighted by Crippen LogP contribution is -2.14. The minimum atomic E-state index is -0.421. The van der Waals surface area contributed by atoms with Crippen molar-refractivity contribution >= 4 is 6.09 Å². The summed E-state index contributed by atoms with van der Waals surface area (Å²) in [6.45, 7) is 0.465. The number of nitrogens with zero attached hydrogens (tertiary/aromatic N) is 1. The molecule has 1 N–H and O–H groups in total. The molecular formula is C5H6N2O2. The van der Waals surface area contributed by atoms with E-state index < -0.39 is 6.09 Å². The van der Waals surface area contributed by atoms with E-state index in [2.05, 4.69) is 10.1 Å². The molecule has 1 aliphatic rings. The Labute approximate surface area is 52.4 Å². The summed E-state index contributed by atoms with van der Waals surface area (Å²) in [5.74, 6) is 0. The summed E-state index contributed by atoms with van der Waals surface area (Å²) in [7, 11) is 0. The Morgan fingerprint density at radius 2 is 2.78 bits per heavy atom. The Kier molecular flexibility index (Phi) is 1.54. The number of cyclic esters (lactones) is 1. The first-order chi connectivity index (χ1) is 4.33. The van der Waals surface area contributed by atoms with Crippen molar-refractivity contribution in [1.29, 1.82) is 5.26 Å². The van der Waals surface area contributed by atoms with Crippen LogP contribution in [0.1, 0.15) is 6.42 Å². The van der Waals surface area contributed by atoms with Gasteiger partial charge in [-0.05, 0) is 0 Å². The van der Waals surface area contributed by atoms with E-state index in [9.17, 15) is 4.79 Å².